The average Bonchev–Trinajstić information content (AvgIpc) is 2.79. The number of nitrogens with zero attached hydrogens (tertiary/aromatic N) is 1. The highest BCUT2D eigenvalue weighted by Gasteiger charge is 2.30. The number of amides is 1. The van der Waals surface area contributed by atoms with Crippen LogP contribution in [-0.2, 0) is 21.2 Å². The Morgan fingerprint density at radius 3 is 2.42 bits per heavy atom. The Hall–Kier alpha value is -2.83. The van der Waals surface area contributed by atoms with E-state index in [0.717, 1.165) is 29.1 Å². The van der Waals surface area contributed by atoms with E-state index in [-0.39, 0.29) is 34.1 Å². The second-order valence-electron chi connectivity index (χ2n) is 7.49. The average molecular weight is 455 g/mol. The molecular weight excluding hydrogens is 432 g/mol. The fourth-order valence-electron chi connectivity index (χ4n) is 3.95. The van der Waals surface area contributed by atoms with Crippen LogP contribution in [0.3, 0.4) is 0 Å². The molecule has 1 N–H and O–H groups in total. The number of carbonyl (C=O) groups is 1. The summed E-state index contributed by atoms with van der Waals surface area (Å²) in [6, 6.07) is 22.6. The van der Waals surface area contributed by atoms with Gasteiger partial charge in [-0.3, -0.25) is 9.10 Å². The topological polar surface area (TPSA) is 66.5 Å². The summed E-state index contributed by atoms with van der Waals surface area (Å²) in [6.45, 7) is -0.361. The van der Waals surface area contributed by atoms with E-state index in [1.807, 2.05) is 18.2 Å². The molecule has 1 aliphatic rings. The number of hydrogen-bond donors (Lipinski definition) is 1. The highest BCUT2D eigenvalue weighted by molar-refractivity contribution is 7.92. The van der Waals surface area contributed by atoms with Gasteiger partial charge < -0.3 is 5.32 Å². The summed E-state index contributed by atoms with van der Waals surface area (Å²) in [6.07, 6.45) is 2.77. The molecule has 0 heterocycles. The predicted octanol–water partition coefficient (Wildman–Crippen LogP) is 4.73. The lowest BCUT2D eigenvalue weighted by Crippen LogP contribution is -2.42. The zero-order valence-electron chi connectivity index (χ0n) is 16.9. The number of rotatable bonds is 6. The van der Waals surface area contributed by atoms with Crippen LogP contribution in [-0.4, -0.2) is 20.9 Å². The number of sulfonamides is 1. The van der Waals surface area contributed by atoms with Gasteiger partial charge in [-0.1, -0.05) is 66.2 Å². The maximum Gasteiger partial charge on any atom is 0.264 e. The fraction of sp³-hybridized carbons (Fsp3) is 0.208. The van der Waals surface area contributed by atoms with E-state index in [2.05, 4.69) is 11.4 Å². The van der Waals surface area contributed by atoms with Gasteiger partial charge in [0.15, 0.2) is 0 Å². The van der Waals surface area contributed by atoms with Gasteiger partial charge in [-0.2, -0.15) is 0 Å². The molecule has 4 rings (SSSR count). The SMILES string of the molecule is O=C(CN(c1ccccc1Cl)S(=O)(=O)c1ccccc1)N[C@@H]1CCCc2ccccc21. The number of halogens is 1. The molecule has 0 radical (unpaired) electrons. The van der Waals surface area contributed by atoms with Gasteiger partial charge in [0.2, 0.25) is 5.91 Å². The lowest BCUT2D eigenvalue weighted by Gasteiger charge is -2.29. The molecule has 1 aliphatic carbocycles. The quantitative estimate of drug-likeness (QED) is 0.585. The summed E-state index contributed by atoms with van der Waals surface area (Å²) in [7, 11) is -3.98. The summed E-state index contributed by atoms with van der Waals surface area (Å²) in [5.74, 6) is -0.374. The molecule has 3 aromatic carbocycles. The maximum atomic E-state index is 13.4. The Morgan fingerprint density at radius 2 is 1.65 bits per heavy atom. The van der Waals surface area contributed by atoms with Crippen molar-refractivity contribution in [3.05, 3.63) is 95.0 Å². The maximum absolute atomic E-state index is 13.4. The van der Waals surface area contributed by atoms with E-state index in [9.17, 15) is 13.2 Å². The first-order valence-corrected chi connectivity index (χ1v) is 12.0. The van der Waals surface area contributed by atoms with Crippen molar-refractivity contribution in [2.45, 2.75) is 30.2 Å². The number of para-hydroxylation sites is 1. The van der Waals surface area contributed by atoms with Crippen LogP contribution >= 0.6 is 11.6 Å². The molecule has 5 nitrogen and oxygen atoms in total. The molecular formula is C24H23ClN2O3S. The van der Waals surface area contributed by atoms with Crippen molar-refractivity contribution < 1.29 is 13.2 Å². The Balaban J connectivity index is 1.63. The van der Waals surface area contributed by atoms with Crippen molar-refractivity contribution in [1.82, 2.24) is 5.32 Å². The molecule has 3 aromatic rings. The molecule has 7 heteroatoms. The van der Waals surface area contributed by atoms with Crippen molar-refractivity contribution in [3.8, 4) is 0 Å². The number of fused-ring (bicyclic) bond motifs is 1. The van der Waals surface area contributed by atoms with Gasteiger partial charge in [0.25, 0.3) is 10.0 Å². The van der Waals surface area contributed by atoms with Crippen LogP contribution in [0.1, 0.15) is 30.0 Å². The van der Waals surface area contributed by atoms with Gasteiger partial charge in [0.05, 0.1) is 21.6 Å². The summed E-state index contributed by atoms with van der Waals surface area (Å²) in [4.78, 5) is 13.1. The zero-order chi connectivity index (χ0) is 21.8. The van der Waals surface area contributed by atoms with Crippen LogP contribution in [0, 0.1) is 0 Å². The minimum atomic E-state index is -3.98. The molecule has 0 saturated heterocycles. The number of hydrogen-bond acceptors (Lipinski definition) is 3. The van der Waals surface area contributed by atoms with Crippen molar-refractivity contribution in [1.29, 1.82) is 0 Å². The molecule has 31 heavy (non-hydrogen) atoms. The van der Waals surface area contributed by atoms with Crippen molar-refractivity contribution in [2.24, 2.45) is 0 Å². The lowest BCUT2D eigenvalue weighted by atomic mass is 9.88. The van der Waals surface area contributed by atoms with Gasteiger partial charge in [-0.15, -0.1) is 0 Å². The van der Waals surface area contributed by atoms with Crippen molar-refractivity contribution in [3.63, 3.8) is 0 Å². The van der Waals surface area contributed by atoms with Gasteiger partial charge in [-0.25, -0.2) is 8.42 Å². The largest absolute Gasteiger partial charge is 0.348 e. The Kier molecular flexibility index (Phi) is 6.30. The lowest BCUT2D eigenvalue weighted by molar-refractivity contribution is -0.120. The molecule has 0 bridgehead atoms. The third-order valence-electron chi connectivity index (χ3n) is 5.44. The normalized spacial score (nSPS) is 15.7. The first-order chi connectivity index (χ1) is 15.0. The zero-order valence-corrected chi connectivity index (χ0v) is 18.4. The standard InChI is InChI=1S/C24H23ClN2O3S/c25-21-14-6-7-16-23(21)27(31(29,30)19-11-2-1-3-12-19)17-24(28)26-22-15-8-10-18-9-4-5-13-20(18)22/h1-7,9,11-14,16,22H,8,10,15,17H2,(H,26,28)/t22-/m1/s1. The summed E-state index contributed by atoms with van der Waals surface area (Å²) < 4.78 is 27.9. The molecule has 0 spiro atoms. The second-order valence-corrected chi connectivity index (χ2v) is 9.76. The molecule has 0 unspecified atom stereocenters. The first-order valence-electron chi connectivity index (χ1n) is 10.2. The van der Waals surface area contributed by atoms with E-state index < -0.39 is 10.0 Å². The van der Waals surface area contributed by atoms with Crippen LogP contribution in [0.15, 0.2) is 83.8 Å². The molecule has 0 aromatic heterocycles. The monoisotopic (exact) mass is 454 g/mol. The van der Waals surface area contributed by atoms with E-state index in [0.29, 0.717) is 0 Å². The van der Waals surface area contributed by atoms with Crippen LogP contribution in [0.4, 0.5) is 5.69 Å². The minimum Gasteiger partial charge on any atom is -0.348 e. The van der Waals surface area contributed by atoms with Crippen molar-refractivity contribution >= 4 is 33.2 Å². The second kappa shape index (κ2) is 9.12. The Labute approximate surface area is 187 Å². The van der Waals surface area contributed by atoms with Gasteiger partial charge in [0, 0.05) is 0 Å². The summed E-state index contributed by atoms with van der Waals surface area (Å²) in [5.41, 5.74) is 2.59. The van der Waals surface area contributed by atoms with Crippen molar-refractivity contribution in [2.75, 3.05) is 10.8 Å². The minimum absolute atomic E-state index is 0.103. The van der Waals surface area contributed by atoms with Gasteiger partial charge in [0.1, 0.15) is 6.54 Å². The predicted molar refractivity (Wildman–Crippen MR) is 123 cm³/mol. The van der Waals surface area contributed by atoms with Gasteiger partial charge >= 0.3 is 0 Å². The number of carbonyl (C=O) groups excluding carboxylic acids is 1. The first kappa shape index (κ1) is 21.4. The Bertz CT molecular complexity index is 1180. The summed E-state index contributed by atoms with van der Waals surface area (Å²) >= 11 is 6.32. The number of aryl methyl sites for hydroxylation is 1. The number of benzene rings is 3. The van der Waals surface area contributed by atoms with E-state index >= 15 is 0 Å². The van der Waals surface area contributed by atoms with E-state index in [1.54, 1.807) is 42.5 Å². The van der Waals surface area contributed by atoms with E-state index in [4.69, 9.17) is 11.6 Å². The molecule has 0 aliphatic heterocycles. The number of nitrogens with one attached hydrogen (secondary N) is 1. The summed E-state index contributed by atoms with van der Waals surface area (Å²) in [5, 5.41) is 3.29. The molecule has 0 saturated carbocycles. The highest BCUT2D eigenvalue weighted by Crippen LogP contribution is 2.32. The third kappa shape index (κ3) is 4.60. The highest BCUT2D eigenvalue weighted by atomic mass is 35.5. The molecule has 1 atom stereocenters. The van der Waals surface area contributed by atoms with E-state index in [1.165, 1.54) is 17.7 Å². The third-order valence-corrected chi connectivity index (χ3v) is 7.54. The fourth-order valence-corrected chi connectivity index (χ4v) is 5.70. The number of anilines is 1. The van der Waals surface area contributed by atoms with Crippen LogP contribution < -0.4 is 9.62 Å². The van der Waals surface area contributed by atoms with Crippen LogP contribution in [0.5, 0.6) is 0 Å². The molecule has 160 valence electrons. The smallest absolute Gasteiger partial charge is 0.264 e. The molecule has 0 fully saturated rings. The van der Waals surface area contributed by atoms with Gasteiger partial charge in [-0.05, 0) is 54.7 Å². The van der Waals surface area contributed by atoms with Crippen LogP contribution in [0.2, 0.25) is 5.02 Å². The Morgan fingerprint density at radius 1 is 0.968 bits per heavy atom. The molecule has 1 amide bonds. The van der Waals surface area contributed by atoms with Crippen LogP contribution in [0.25, 0.3) is 0 Å².